The summed E-state index contributed by atoms with van der Waals surface area (Å²) >= 11 is 0. The first-order valence-corrected chi connectivity index (χ1v) is 11.9. The average Bonchev–Trinajstić information content (AvgIpc) is 3.29. The van der Waals surface area contributed by atoms with Gasteiger partial charge in [0.1, 0.15) is 11.6 Å². The molecule has 2 aromatic carbocycles. The van der Waals surface area contributed by atoms with Gasteiger partial charge in [0.25, 0.3) is 0 Å². The highest BCUT2D eigenvalue weighted by molar-refractivity contribution is 5.89. The van der Waals surface area contributed by atoms with Gasteiger partial charge in [-0.2, -0.15) is 0 Å². The van der Waals surface area contributed by atoms with E-state index in [2.05, 4.69) is 41.0 Å². The molecule has 0 radical (unpaired) electrons. The fraction of sp³-hybridized carbons (Fsp3) is 0.286. The maximum absolute atomic E-state index is 13.1. The molecule has 34 heavy (non-hydrogen) atoms. The summed E-state index contributed by atoms with van der Waals surface area (Å²) < 4.78 is 7.60. The summed E-state index contributed by atoms with van der Waals surface area (Å²) in [6.07, 6.45) is 4.96. The number of urea groups is 1. The van der Waals surface area contributed by atoms with Crippen molar-refractivity contribution in [2.45, 2.75) is 32.1 Å². The summed E-state index contributed by atoms with van der Waals surface area (Å²) in [5.74, 6) is 1.97. The maximum atomic E-state index is 13.1. The highest BCUT2D eigenvalue weighted by atomic mass is 16.5. The van der Waals surface area contributed by atoms with Crippen molar-refractivity contribution in [2.24, 2.45) is 0 Å². The predicted octanol–water partition coefficient (Wildman–Crippen LogP) is 5.98. The quantitative estimate of drug-likeness (QED) is 0.403. The van der Waals surface area contributed by atoms with Gasteiger partial charge in [-0.15, -0.1) is 0 Å². The number of ether oxygens (including phenoxy) is 1. The molecule has 2 amide bonds. The molecular weight excluding hydrogens is 424 g/mol. The van der Waals surface area contributed by atoms with Crippen LogP contribution in [0.1, 0.15) is 37.1 Å². The summed E-state index contributed by atoms with van der Waals surface area (Å²) in [6, 6.07) is 22.2. The standard InChI is InChI=1S/C28H30N4O2/c1-3-20-9-6-12-23(17-20)29-28(33)31-15-8-11-22(19-31)27-30-26(25-14-4-5-16-32(25)27)21-10-7-13-24(18-21)34-2/h4-7,9-10,12-14,16-18,22H,3,8,11,15,19H2,1-2H3,(H,29,33). The Balaban J connectivity index is 1.42. The SMILES string of the molecule is CCc1cccc(NC(=O)N2CCCC(c3nc(-c4cccc(OC)c4)c4ccccn34)C2)c1. The van der Waals surface area contributed by atoms with E-state index in [1.54, 1.807) is 7.11 Å². The number of likely N-dealkylation sites (tertiary alicyclic amines) is 1. The van der Waals surface area contributed by atoms with Gasteiger partial charge in [0, 0.05) is 36.5 Å². The topological polar surface area (TPSA) is 58.9 Å². The van der Waals surface area contributed by atoms with Crippen LogP contribution in [0.5, 0.6) is 5.75 Å². The Morgan fingerprint density at radius 3 is 2.85 bits per heavy atom. The largest absolute Gasteiger partial charge is 0.497 e. The van der Waals surface area contributed by atoms with Gasteiger partial charge in [0.05, 0.1) is 18.3 Å². The number of rotatable bonds is 5. The van der Waals surface area contributed by atoms with Crippen LogP contribution < -0.4 is 10.1 Å². The third-order valence-corrected chi connectivity index (χ3v) is 6.58. The Kier molecular flexibility index (Phi) is 6.21. The number of piperidine rings is 1. The monoisotopic (exact) mass is 454 g/mol. The molecule has 1 saturated heterocycles. The van der Waals surface area contributed by atoms with Crippen LogP contribution >= 0.6 is 0 Å². The second kappa shape index (κ2) is 9.59. The van der Waals surface area contributed by atoms with Gasteiger partial charge in [-0.25, -0.2) is 9.78 Å². The van der Waals surface area contributed by atoms with Crippen LogP contribution in [-0.2, 0) is 6.42 Å². The lowest BCUT2D eigenvalue weighted by atomic mass is 9.97. The molecule has 1 fully saturated rings. The number of pyridine rings is 1. The number of carbonyl (C=O) groups excluding carboxylic acids is 1. The van der Waals surface area contributed by atoms with Crippen molar-refractivity contribution >= 4 is 17.2 Å². The van der Waals surface area contributed by atoms with Gasteiger partial charge in [-0.3, -0.25) is 0 Å². The third kappa shape index (κ3) is 4.36. The number of imidazole rings is 1. The van der Waals surface area contributed by atoms with Crippen molar-refractivity contribution < 1.29 is 9.53 Å². The molecule has 1 N–H and O–H groups in total. The van der Waals surface area contributed by atoms with E-state index in [1.807, 2.05) is 53.4 Å². The van der Waals surface area contributed by atoms with Gasteiger partial charge in [-0.1, -0.05) is 37.3 Å². The molecule has 5 rings (SSSR count). The van der Waals surface area contributed by atoms with Gasteiger partial charge in [-0.05, 0) is 61.2 Å². The third-order valence-electron chi connectivity index (χ3n) is 6.58. The number of hydrogen-bond acceptors (Lipinski definition) is 3. The Morgan fingerprint density at radius 2 is 2.00 bits per heavy atom. The molecule has 3 heterocycles. The van der Waals surface area contributed by atoms with Gasteiger partial charge in [0.2, 0.25) is 0 Å². The summed E-state index contributed by atoms with van der Waals surface area (Å²) in [6.45, 7) is 3.51. The molecule has 1 unspecified atom stereocenters. The van der Waals surface area contributed by atoms with Crippen molar-refractivity contribution in [2.75, 3.05) is 25.5 Å². The summed E-state index contributed by atoms with van der Waals surface area (Å²) in [4.78, 5) is 20.1. The molecule has 0 bridgehead atoms. The van der Waals surface area contributed by atoms with Crippen LogP contribution in [0.3, 0.4) is 0 Å². The number of hydrogen-bond donors (Lipinski definition) is 1. The molecule has 6 nitrogen and oxygen atoms in total. The fourth-order valence-corrected chi connectivity index (χ4v) is 4.78. The number of amides is 2. The van der Waals surface area contributed by atoms with E-state index < -0.39 is 0 Å². The number of fused-ring (bicyclic) bond motifs is 1. The lowest BCUT2D eigenvalue weighted by Crippen LogP contribution is -2.42. The van der Waals surface area contributed by atoms with E-state index in [-0.39, 0.29) is 11.9 Å². The number of anilines is 1. The molecule has 0 spiro atoms. The minimum absolute atomic E-state index is 0.0492. The number of nitrogens with one attached hydrogen (secondary N) is 1. The number of nitrogens with zero attached hydrogens (tertiary/aromatic N) is 3. The highest BCUT2D eigenvalue weighted by Crippen LogP contribution is 2.33. The molecular formula is C28H30N4O2. The van der Waals surface area contributed by atoms with Crippen LogP contribution in [0.15, 0.2) is 72.9 Å². The molecule has 1 aliphatic heterocycles. The Hall–Kier alpha value is -3.80. The lowest BCUT2D eigenvalue weighted by Gasteiger charge is -2.32. The molecule has 6 heteroatoms. The van der Waals surface area contributed by atoms with Crippen LogP contribution in [0.25, 0.3) is 16.8 Å². The van der Waals surface area contributed by atoms with Crippen molar-refractivity contribution in [3.8, 4) is 17.0 Å². The maximum Gasteiger partial charge on any atom is 0.321 e. The average molecular weight is 455 g/mol. The lowest BCUT2D eigenvalue weighted by molar-refractivity contribution is 0.191. The van der Waals surface area contributed by atoms with Crippen LogP contribution in [0.2, 0.25) is 0 Å². The second-order valence-corrected chi connectivity index (χ2v) is 8.78. The van der Waals surface area contributed by atoms with E-state index in [0.29, 0.717) is 6.54 Å². The molecule has 1 atom stereocenters. The Labute approximate surface area is 200 Å². The Morgan fingerprint density at radius 1 is 1.12 bits per heavy atom. The fourth-order valence-electron chi connectivity index (χ4n) is 4.78. The zero-order valence-electron chi connectivity index (χ0n) is 19.7. The number of benzene rings is 2. The van der Waals surface area contributed by atoms with Gasteiger partial charge in [0.15, 0.2) is 0 Å². The van der Waals surface area contributed by atoms with Gasteiger partial charge < -0.3 is 19.4 Å². The van der Waals surface area contributed by atoms with Crippen molar-refractivity contribution in [3.05, 3.63) is 84.3 Å². The van der Waals surface area contributed by atoms with E-state index in [0.717, 1.165) is 59.8 Å². The van der Waals surface area contributed by atoms with Crippen molar-refractivity contribution in [3.63, 3.8) is 0 Å². The zero-order valence-corrected chi connectivity index (χ0v) is 19.7. The molecule has 174 valence electrons. The minimum Gasteiger partial charge on any atom is -0.497 e. The normalized spacial score (nSPS) is 15.9. The van der Waals surface area contributed by atoms with Crippen molar-refractivity contribution in [1.82, 2.24) is 14.3 Å². The van der Waals surface area contributed by atoms with E-state index in [9.17, 15) is 4.79 Å². The number of methoxy groups -OCH3 is 1. The molecule has 0 aliphatic carbocycles. The summed E-state index contributed by atoms with van der Waals surface area (Å²) in [5, 5.41) is 3.09. The van der Waals surface area contributed by atoms with E-state index in [1.165, 1.54) is 5.56 Å². The van der Waals surface area contributed by atoms with Crippen LogP contribution in [0.4, 0.5) is 10.5 Å². The van der Waals surface area contributed by atoms with Crippen LogP contribution in [-0.4, -0.2) is 40.5 Å². The number of aryl methyl sites for hydroxylation is 1. The smallest absolute Gasteiger partial charge is 0.321 e. The Bertz CT molecular complexity index is 1310. The first-order chi connectivity index (χ1) is 16.7. The number of carbonyl (C=O) groups is 1. The number of aromatic nitrogens is 2. The van der Waals surface area contributed by atoms with E-state index in [4.69, 9.17) is 9.72 Å². The van der Waals surface area contributed by atoms with Gasteiger partial charge >= 0.3 is 6.03 Å². The summed E-state index contributed by atoms with van der Waals surface area (Å²) in [5.41, 5.74) is 5.08. The minimum atomic E-state index is -0.0492. The summed E-state index contributed by atoms with van der Waals surface area (Å²) in [7, 11) is 1.68. The molecule has 2 aromatic heterocycles. The molecule has 1 aliphatic rings. The van der Waals surface area contributed by atoms with Crippen molar-refractivity contribution in [1.29, 1.82) is 0 Å². The second-order valence-electron chi connectivity index (χ2n) is 8.78. The zero-order chi connectivity index (χ0) is 23.5. The molecule has 4 aromatic rings. The predicted molar refractivity (Wildman–Crippen MR) is 136 cm³/mol. The van der Waals surface area contributed by atoms with Crippen LogP contribution in [0, 0.1) is 0 Å². The molecule has 0 saturated carbocycles. The van der Waals surface area contributed by atoms with E-state index >= 15 is 0 Å². The highest BCUT2D eigenvalue weighted by Gasteiger charge is 2.28. The first-order valence-electron chi connectivity index (χ1n) is 11.9. The first kappa shape index (κ1) is 22.0.